The molecule has 2 fully saturated rings. The van der Waals surface area contributed by atoms with Gasteiger partial charge in [-0.25, -0.2) is 0 Å². The zero-order valence-electron chi connectivity index (χ0n) is 20.3. The molecule has 5 rings (SSSR count). The van der Waals surface area contributed by atoms with Gasteiger partial charge in [-0.1, -0.05) is 25.5 Å². The maximum atomic E-state index is 11.3. The average molecular weight is 447 g/mol. The zero-order valence-corrected chi connectivity index (χ0v) is 21.3. The van der Waals surface area contributed by atoms with Crippen molar-refractivity contribution in [2.24, 2.45) is 17.3 Å². The Kier molecular flexibility index (Phi) is 5.42. The minimum absolute atomic E-state index is 0.0164. The molecule has 0 radical (unpaired) electrons. The molecule has 0 amide bonds. The van der Waals surface area contributed by atoms with Crippen LogP contribution in [-0.4, -0.2) is 44.1 Å². The molecule has 5 atom stereocenters. The molecule has 4 aliphatic carbocycles. The van der Waals surface area contributed by atoms with Crippen LogP contribution in [0.1, 0.15) is 71.6 Å². The number of aliphatic hydroxyl groups is 1. The van der Waals surface area contributed by atoms with Crippen molar-refractivity contribution in [1.29, 1.82) is 0 Å². The minimum Gasteiger partial charge on any atom is -0.409 e. The van der Waals surface area contributed by atoms with Gasteiger partial charge < -0.3 is 19.0 Å². The summed E-state index contributed by atoms with van der Waals surface area (Å²) in [7, 11) is -1.80. The van der Waals surface area contributed by atoms with E-state index >= 15 is 0 Å². The molecule has 31 heavy (non-hydrogen) atoms. The Hall–Kier alpha value is -0.463. The van der Waals surface area contributed by atoms with Crippen LogP contribution < -0.4 is 0 Å². The molecule has 0 aromatic heterocycles. The van der Waals surface area contributed by atoms with Crippen molar-refractivity contribution in [2.45, 2.75) is 109 Å². The number of hydrogen-bond acceptors (Lipinski definition) is 4. The molecule has 4 nitrogen and oxygen atoms in total. The topological polar surface area (TPSA) is 47.9 Å². The molecule has 0 aromatic rings. The Labute approximate surface area is 189 Å². The summed E-state index contributed by atoms with van der Waals surface area (Å²) >= 11 is 0. The molecule has 1 saturated heterocycles. The van der Waals surface area contributed by atoms with Gasteiger partial charge >= 0.3 is 0 Å². The highest BCUT2D eigenvalue weighted by Gasteiger charge is 2.64. The van der Waals surface area contributed by atoms with E-state index in [0.717, 1.165) is 51.7 Å². The van der Waals surface area contributed by atoms with E-state index in [4.69, 9.17) is 13.9 Å². The predicted molar refractivity (Wildman–Crippen MR) is 125 cm³/mol. The van der Waals surface area contributed by atoms with Gasteiger partial charge in [0.2, 0.25) is 0 Å². The largest absolute Gasteiger partial charge is 0.409 e. The van der Waals surface area contributed by atoms with Crippen molar-refractivity contribution in [3.63, 3.8) is 0 Å². The molecule has 1 aliphatic heterocycles. The first-order valence-electron chi connectivity index (χ1n) is 12.7. The fourth-order valence-electron chi connectivity index (χ4n) is 7.98. The molecule has 0 aromatic carbocycles. The second-order valence-electron chi connectivity index (χ2n) is 12.0. The lowest BCUT2D eigenvalue weighted by Gasteiger charge is -2.55. The van der Waals surface area contributed by atoms with Crippen LogP contribution in [0.25, 0.3) is 0 Å². The third-order valence-corrected chi connectivity index (χ3v) is 10.2. The number of fused-ring (bicyclic) bond motifs is 4. The van der Waals surface area contributed by atoms with Gasteiger partial charge in [-0.05, 0) is 87.6 Å². The molecule has 1 saturated carbocycles. The summed E-state index contributed by atoms with van der Waals surface area (Å²) < 4.78 is 19.1. The van der Waals surface area contributed by atoms with E-state index in [1.807, 2.05) is 0 Å². The molecular weight excluding hydrogens is 404 g/mol. The van der Waals surface area contributed by atoms with Gasteiger partial charge in [-0.2, -0.15) is 0 Å². The van der Waals surface area contributed by atoms with E-state index < -0.39 is 13.9 Å². The lowest BCUT2D eigenvalue weighted by molar-refractivity contribution is -0.164. The normalized spacial score (nSPS) is 40.4. The standard InChI is InChI=1S/C26H42O4Si/c1-6-23(27)26(30-31(3,4)5)14-11-22-21-8-7-18-17-25(28-15-16-29-25)13-10-19(18)20(21)9-12-24(22,26)2/h9,21-23,27H,6-8,10-17H2,1-5H3/t21-,22+,23?,24+,26+/m1/s1. The van der Waals surface area contributed by atoms with Gasteiger partial charge in [0.05, 0.1) is 24.9 Å². The molecule has 0 bridgehead atoms. The molecule has 5 aliphatic rings. The highest BCUT2D eigenvalue weighted by Crippen LogP contribution is 2.65. The molecule has 1 heterocycles. The van der Waals surface area contributed by atoms with Gasteiger partial charge in [0.15, 0.2) is 14.1 Å². The Morgan fingerprint density at radius 1 is 1.16 bits per heavy atom. The third-order valence-electron chi connectivity index (χ3n) is 9.24. The molecule has 1 N–H and O–H groups in total. The fourth-order valence-corrected chi connectivity index (χ4v) is 9.55. The highest BCUT2D eigenvalue weighted by molar-refractivity contribution is 6.69. The highest BCUT2D eigenvalue weighted by atomic mass is 28.4. The first-order chi connectivity index (χ1) is 14.6. The van der Waals surface area contributed by atoms with Crippen molar-refractivity contribution >= 4 is 8.32 Å². The lowest BCUT2D eigenvalue weighted by Crippen LogP contribution is -2.60. The Morgan fingerprint density at radius 3 is 2.58 bits per heavy atom. The Balaban J connectivity index is 1.48. The fraction of sp³-hybridized carbons (Fsp3) is 0.846. The third kappa shape index (κ3) is 3.37. The second-order valence-corrected chi connectivity index (χ2v) is 16.4. The van der Waals surface area contributed by atoms with E-state index in [0.29, 0.717) is 11.8 Å². The van der Waals surface area contributed by atoms with E-state index in [1.165, 1.54) is 19.3 Å². The minimum atomic E-state index is -1.80. The summed E-state index contributed by atoms with van der Waals surface area (Å²) in [6, 6.07) is 0. The molecule has 174 valence electrons. The van der Waals surface area contributed by atoms with E-state index in [-0.39, 0.29) is 17.3 Å². The van der Waals surface area contributed by atoms with Gasteiger partial charge in [-0.3, -0.25) is 0 Å². The van der Waals surface area contributed by atoms with E-state index in [2.05, 4.69) is 39.6 Å². The molecule has 1 unspecified atom stereocenters. The van der Waals surface area contributed by atoms with Gasteiger partial charge in [-0.15, -0.1) is 0 Å². The van der Waals surface area contributed by atoms with Crippen LogP contribution in [0.2, 0.25) is 19.6 Å². The molecule has 5 heteroatoms. The molecule has 1 spiro atoms. The summed E-state index contributed by atoms with van der Waals surface area (Å²) in [4.78, 5) is 0. The first-order valence-corrected chi connectivity index (χ1v) is 16.1. The van der Waals surface area contributed by atoms with Crippen molar-refractivity contribution in [2.75, 3.05) is 13.2 Å². The summed E-state index contributed by atoms with van der Waals surface area (Å²) in [6.45, 7) is 12.9. The van der Waals surface area contributed by atoms with Crippen LogP contribution in [0.4, 0.5) is 0 Å². The van der Waals surface area contributed by atoms with Crippen LogP contribution in [-0.2, 0) is 13.9 Å². The van der Waals surface area contributed by atoms with Crippen LogP contribution in [0.5, 0.6) is 0 Å². The number of hydrogen-bond donors (Lipinski definition) is 1. The van der Waals surface area contributed by atoms with Crippen molar-refractivity contribution in [1.82, 2.24) is 0 Å². The van der Waals surface area contributed by atoms with Gasteiger partial charge in [0.25, 0.3) is 0 Å². The quantitative estimate of drug-likeness (QED) is 0.561. The maximum absolute atomic E-state index is 11.3. The summed E-state index contributed by atoms with van der Waals surface area (Å²) in [6.07, 6.45) is 11.6. The smallest absolute Gasteiger partial charge is 0.184 e. The number of rotatable bonds is 4. The summed E-state index contributed by atoms with van der Waals surface area (Å²) in [5, 5.41) is 11.3. The predicted octanol–water partition coefficient (Wildman–Crippen LogP) is 5.73. The number of allylic oxidation sites excluding steroid dienone is 3. The van der Waals surface area contributed by atoms with Gasteiger partial charge in [0.1, 0.15) is 0 Å². The second kappa shape index (κ2) is 7.53. The Bertz CT molecular complexity index is 790. The van der Waals surface area contributed by atoms with E-state index in [9.17, 15) is 5.11 Å². The average Bonchev–Trinajstić information content (AvgIpc) is 3.28. The van der Waals surface area contributed by atoms with Crippen LogP contribution in [0.15, 0.2) is 22.8 Å². The number of aliphatic hydroxyl groups excluding tert-OH is 1. The zero-order chi connectivity index (χ0) is 22.1. The van der Waals surface area contributed by atoms with Crippen LogP contribution >= 0.6 is 0 Å². The monoisotopic (exact) mass is 446 g/mol. The van der Waals surface area contributed by atoms with Crippen molar-refractivity contribution < 1.29 is 19.0 Å². The number of ether oxygens (including phenoxy) is 2. The van der Waals surface area contributed by atoms with Crippen molar-refractivity contribution in [3.05, 3.63) is 22.8 Å². The summed E-state index contributed by atoms with van der Waals surface area (Å²) in [5.41, 5.74) is 4.47. The van der Waals surface area contributed by atoms with Gasteiger partial charge in [0, 0.05) is 18.3 Å². The van der Waals surface area contributed by atoms with E-state index in [1.54, 1.807) is 16.7 Å². The summed E-state index contributed by atoms with van der Waals surface area (Å²) in [5.74, 6) is 0.899. The maximum Gasteiger partial charge on any atom is 0.184 e. The first kappa shape index (κ1) is 22.3. The van der Waals surface area contributed by atoms with Crippen molar-refractivity contribution in [3.8, 4) is 0 Å². The van der Waals surface area contributed by atoms with Crippen LogP contribution in [0.3, 0.4) is 0 Å². The Morgan fingerprint density at radius 2 is 1.90 bits per heavy atom. The molecular formula is C26H42O4Si. The van der Waals surface area contributed by atoms with Crippen LogP contribution in [0, 0.1) is 17.3 Å². The lowest BCUT2D eigenvalue weighted by atomic mass is 9.55. The SMILES string of the molecule is CCC(O)[C@@]1(O[Si](C)(C)C)CC[C@H]2[C@@H]3CCC4=C(CCC5(C4)OCCO5)C3=CC[C@@]21C.